The SMILES string of the molecule is Oc1ccccc1Nc1nnc(-c2ccccc2O)s1. The number of nitrogens with one attached hydrogen (secondary N) is 1. The fraction of sp³-hybridized carbons (Fsp3) is 0. The number of anilines is 2. The first-order valence-electron chi connectivity index (χ1n) is 5.91. The summed E-state index contributed by atoms with van der Waals surface area (Å²) in [5, 5.41) is 31.7. The van der Waals surface area contributed by atoms with Crippen LogP contribution in [0.3, 0.4) is 0 Å². The lowest BCUT2D eigenvalue weighted by Crippen LogP contribution is -1.89. The summed E-state index contributed by atoms with van der Waals surface area (Å²) in [6, 6.07) is 13.9. The Balaban J connectivity index is 1.88. The van der Waals surface area contributed by atoms with Crippen molar-refractivity contribution in [3.63, 3.8) is 0 Å². The molecule has 5 nitrogen and oxygen atoms in total. The molecule has 3 aromatic rings. The number of rotatable bonds is 3. The number of aromatic hydroxyl groups is 2. The van der Waals surface area contributed by atoms with Crippen LogP contribution in [0.2, 0.25) is 0 Å². The van der Waals surface area contributed by atoms with E-state index in [9.17, 15) is 10.2 Å². The van der Waals surface area contributed by atoms with Gasteiger partial charge in [0.1, 0.15) is 11.5 Å². The summed E-state index contributed by atoms with van der Waals surface area (Å²) < 4.78 is 0. The van der Waals surface area contributed by atoms with E-state index in [0.29, 0.717) is 21.4 Å². The molecule has 3 N–H and O–H groups in total. The van der Waals surface area contributed by atoms with E-state index in [1.807, 2.05) is 12.1 Å². The average molecular weight is 285 g/mol. The topological polar surface area (TPSA) is 78.3 Å². The minimum absolute atomic E-state index is 0.145. The van der Waals surface area contributed by atoms with Crippen molar-refractivity contribution in [1.82, 2.24) is 10.2 Å². The fourth-order valence-electron chi connectivity index (χ4n) is 1.73. The Bertz CT molecular complexity index is 743. The Hall–Kier alpha value is -2.60. The van der Waals surface area contributed by atoms with Crippen molar-refractivity contribution in [2.24, 2.45) is 0 Å². The van der Waals surface area contributed by atoms with Gasteiger partial charge in [0.15, 0.2) is 5.01 Å². The number of aromatic nitrogens is 2. The molecule has 0 saturated carbocycles. The second-order valence-electron chi connectivity index (χ2n) is 4.07. The molecule has 0 bridgehead atoms. The normalized spacial score (nSPS) is 10.4. The van der Waals surface area contributed by atoms with Crippen LogP contribution in [0.25, 0.3) is 10.6 Å². The monoisotopic (exact) mass is 285 g/mol. The molecule has 0 radical (unpaired) electrons. The van der Waals surface area contributed by atoms with E-state index in [4.69, 9.17) is 0 Å². The lowest BCUT2D eigenvalue weighted by molar-refractivity contribution is 0.477. The summed E-state index contributed by atoms with van der Waals surface area (Å²) in [4.78, 5) is 0. The third-order valence-corrected chi connectivity index (χ3v) is 3.58. The zero-order chi connectivity index (χ0) is 13.9. The van der Waals surface area contributed by atoms with Crippen molar-refractivity contribution in [3.05, 3.63) is 48.5 Å². The van der Waals surface area contributed by atoms with Crippen molar-refractivity contribution >= 4 is 22.2 Å². The van der Waals surface area contributed by atoms with Gasteiger partial charge < -0.3 is 15.5 Å². The van der Waals surface area contributed by atoms with Crippen molar-refractivity contribution in [3.8, 4) is 22.1 Å². The molecule has 0 aliphatic carbocycles. The molecule has 0 saturated heterocycles. The molecular formula is C14H11N3O2S. The third-order valence-electron chi connectivity index (χ3n) is 2.71. The molecule has 1 aromatic heterocycles. The predicted molar refractivity (Wildman–Crippen MR) is 78.4 cm³/mol. The quantitative estimate of drug-likeness (QED) is 0.643. The second-order valence-corrected chi connectivity index (χ2v) is 5.05. The third kappa shape index (κ3) is 2.41. The second kappa shape index (κ2) is 5.18. The Morgan fingerprint density at radius 1 is 0.850 bits per heavy atom. The van der Waals surface area contributed by atoms with Gasteiger partial charge in [-0.15, -0.1) is 10.2 Å². The summed E-state index contributed by atoms with van der Waals surface area (Å²) in [6.45, 7) is 0. The van der Waals surface area contributed by atoms with Crippen LogP contribution in [-0.4, -0.2) is 20.4 Å². The lowest BCUT2D eigenvalue weighted by atomic mass is 10.2. The summed E-state index contributed by atoms with van der Waals surface area (Å²) in [6.07, 6.45) is 0. The van der Waals surface area contributed by atoms with Gasteiger partial charge in [-0.1, -0.05) is 35.6 Å². The highest BCUT2D eigenvalue weighted by atomic mass is 32.1. The zero-order valence-electron chi connectivity index (χ0n) is 10.3. The van der Waals surface area contributed by atoms with Gasteiger partial charge in [-0.25, -0.2) is 0 Å². The minimum Gasteiger partial charge on any atom is -0.507 e. The van der Waals surface area contributed by atoms with E-state index in [1.165, 1.54) is 11.3 Å². The van der Waals surface area contributed by atoms with Crippen LogP contribution < -0.4 is 5.32 Å². The Kier molecular flexibility index (Phi) is 3.22. The van der Waals surface area contributed by atoms with Crippen LogP contribution in [0.5, 0.6) is 11.5 Å². The van der Waals surface area contributed by atoms with Gasteiger partial charge in [0.25, 0.3) is 0 Å². The highest BCUT2D eigenvalue weighted by molar-refractivity contribution is 7.18. The first-order chi connectivity index (χ1) is 9.74. The highest BCUT2D eigenvalue weighted by Crippen LogP contribution is 2.34. The molecule has 0 fully saturated rings. The maximum atomic E-state index is 9.79. The molecular weight excluding hydrogens is 274 g/mol. The van der Waals surface area contributed by atoms with Crippen LogP contribution in [0, 0.1) is 0 Å². The van der Waals surface area contributed by atoms with Gasteiger partial charge in [-0.2, -0.15) is 0 Å². The number of hydrogen-bond donors (Lipinski definition) is 3. The Labute approximate surface area is 119 Å². The van der Waals surface area contributed by atoms with E-state index >= 15 is 0 Å². The van der Waals surface area contributed by atoms with E-state index in [2.05, 4.69) is 15.5 Å². The van der Waals surface area contributed by atoms with Crippen molar-refractivity contribution in [2.75, 3.05) is 5.32 Å². The van der Waals surface area contributed by atoms with Crippen molar-refractivity contribution in [2.45, 2.75) is 0 Å². The number of phenols is 2. The number of benzene rings is 2. The van der Waals surface area contributed by atoms with Crippen LogP contribution in [0.15, 0.2) is 48.5 Å². The summed E-state index contributed by atoms with van der Waals surface area (Å²) in [5.74, 6) is 0.310. The van der Waals surface area contributed by atoms with Gasteiger partial charge in [-0.3, -0.25) is 0 Å². The van der Waals surface area contributed by atoms with Gasteiger partial charge in [-0.05, 0) is 24.3 Å². The smallest absolute Gasteiger partial charge is 0.210 e. The fourth-order valence-corrected chi connectivity index (χ4v) is 2.52. The predicted octanol–water partition coefficient (Wildman–Crippen LogP) is 3.36. The van der Waals surface area contributed by atoms with Gasteiger partial charge in [0, 0.05) is 0 Å². The molecule has 1 heterocycles. The van der Waals surface area contributed by atoms with Crippen LogP contribution in [0.1, 0.15) is 0 Å². The maximum Gasteiger partial charge on any atom is 0.210 e. The first-order valence-corrected chi connectivity index (χ1v) is 6.72. The van der Waals surface area contributed by atoms with Crippen LogP contribution >= 0.6 is 11.3 Å². The van der Waals surface area contributed by atoms with Crippen LogP contribution in [0.4, 0.5) is 10.8 Å². The van der Waals surface area contributed by atoms with Crippen molar-refractivity contribution < 1.29 is 10.2 Å². The molecule has 2 aromatic carbocycles. The molecule has 0 atom stereocenters. The molecule has 6 heteroatoms. The number of nitrogens with zero attached hydrogens (tertiary/aromatic N) is 2. The van der Waals surface area contributed by atoms with Gasteiger partial charge >= 0.3 is 0 Å². The summed E-state index contributed by atoms with van der Waals surface area (Å²) in [7, 11) is 0. The lowest BCUT2D eigenvalue weighted by Gasteiger charge is -2.03. The van der Waals surface area contributed by atoms with Crippen molar-refractivity contribution in [1.29, 1.82) is 0 Å². The van der Waals surface area contributed by atoms with E-state index in [-0.39, 0.29) is 11.5 Å². The van der Waals surface area contributed by atoms with E-state index in [1.54, 1.807) is 36.4 Å². The Morgan fingerprint density at radius 3 is 2.30 bits per heavy atom. The van der Waals surface area contributed by atoms with Crippen LogP contribution in [-0.2, 0) is 0 Å². The number of para-hydroxylation sites is 3. The maximum absolute atomic E-state index is 9.79. The van der Waals surface area contributed by atoms with Gasteiger partial charge in [0.2, 0.25) is 5.13 Å². The Morgan fingerprint density at radius 2 is 1.55 bits per heavy atom. The zero-order valence-corrected chi connectivity index (χ0v) is 11.1. The average Bonchev–Trinajstić information content (AvgIpc) is 2.90. The van der Waals surface area contributed by atoms with Gasteiger partial charge in [0.05, 0.1) is 11.3 Å². The summed E-state index contributed by atoms with van der Waals surface area (Å²) >= 11 is 1.30. The largest absolute Gasteiger partial charge is 0.507 e. The molecule has 3 rings (SSSR count). The highest BCUT2D eigenvalue weighted by Gasteiger charge is 2.11. The molecule has 0 amide bonds. The molecule has 20 heavy (non-hydrogen) atoms. The number of phenolic OH excluding ortho intramolecular Hbond substituents is 2. The molecule has 0 unspecified atom stereocenters. The standard InChI is InChI=1S/C14H11N3O2S/c18-11-7-3-1-5-9(11)13-16-17-14(20-13)15-10-6-2-4-8-12(10)19/h1-8,18-19H,(H,15,17). The molecule has 0 spiro atoms. The minimum atomic E-state index is 0.145. The number of hydrogen-bond acceptors (Lipinski definition) is 6. The van der Waals surface area contributed by atoms with E-state index in [0.717, 1.165) is 0 Å². The molecule has 100 valence electrons. The molecule has 0 aliphatic heterocycles. The molecule has 0 aliphatic rings. The summed E-state index contributed by atoms with van der Waals surface area (Å²) in [5.41, 5.74) is 1.20. The van der Waals surface area contributed by atoms with E-state index < -0.39 is 0 Å². The first kappa shape index (κ1) is 12.4.